The van der Waals surface area contributed by atoms with Crippen molar-refractivity contribution < 1.29 is 9.53 Å². The van der Waals surface area contributed by atoms with E-state index in [0.717, 1.165) is 25.3 Å². The second-order valence-electron chi connectivity index (χ2n) is 7.30. The van der Waals surface area contributed by atoms with Crippen molar-refractivity contribution in [2.24, 2.45) is 0 Å². The molecule has 0 spiro atoms. The van der Waals surface area contributed by atoms with Gasteiger partial charge in [0, 0.05) is 56.5 Å². The molecule has 2 amide bonds. The van der Waals surface area contributed by atoms with Crippen LogP contribution < -0.4 is 20.4 Å². The van der Waals surface area contributed by atoms with E-state index in [1.54, 1.807) is 29.2 Å². The number of aromatic nitrogens is 3. The van der Waals surface area contributed by atoms with Gasteiger partial charge in [-0.15, -0.1) is 0 Å². The van der Waals surface area contributed by atoms with Gasteiger partial charge in [-0.05, 0) is 31.2 Å². The molecule has 4 rings (SSSR count). The fraction of sp³-hybridized carbons (Fsp3) is 0.500. The van der Waals surface area contributed by atoms with Gasteiger partial charge in [0.25, 0.3) is 0 Å². The first-order valence-electron chi connectivity index (χ1n) is 10.5. The molecule has 1 aromatic carbocycles. The molecule has 2 aliphatic heterocycles. The Morgan fingerprint density at radius 3 is 2.19 bits per heavy atom. The standard InChI is InChI=1S/C20H27ClN8O2/c1-2-22-17-24-18(26-19(25-17)28-11-13-31-14-12-28)27-7-9-29(10-8-27)20(30)23-16-5-3-15(21)4-6-16/h3-6H,2,7-14H2,1H3,(H,23,30)(H,22,24,25,26). The van der Waals surface area contributed by atoms with Crippen molar-refractivity contribution in [1.82, 2.24) is 19.9 Å². The van der Waals surface area contributed by atoms with Crippen molar-refractivity contribution in [1.29, 1.82) is 0 Å². The smallest absolute Gasteiger partial charge is 0.321 e. The van der Waals surface area contributed by atoms with Crippen LogP contribution in [-0.4, -0.2) is 84.9 Å². The Kier molecular flexibility index (Phi) is 6.88. The lowest BCUT2D eigenvalue weighted by atomic mass is 10.3. The minimum Gasteiger partial charge on any atom is -0.378 e. The second kappa shape index (κ2) is 9.97. The number of nitrogens with zero attached hydrogens (tertiary/aromatic N) is 6. The quantitative estimate of drug-likeness (QED) is 0.720. The summed E-state index contributed by atoms with van der Waals surface area (Å²) in [6, 6.07) is 6.96. The van der Waals surface area contributed by atoms with Crippen LogP contribution in [0.25, 0.3) is 0 Å². The molecule has 0 atom stereocenters. The van der Waals surface area contributed by atoms with Gasteiger partial charge in [-0.3, -0.25) is 0 Å². The molecule has 0 saturated carbocycles. The molecule has 2 fully saturated rings. The molecule has 11 heteroatoms. The first-order valence-corrected chi connectivity index (χ1v) is 10.9. The molecule has 0 aliphatic carbocycles. The van der Waals surface area contributed by atoms with Gasteiger partial charge in [0.15, 0.2) is 0 Å². The number of hydrogen-bond donors (Lipinski definition) is 2. The van der Waals surface area contributed by atoms with Crippen LogP contribution in [0.5, 0.6) is 0 Å². The molecule has 2 N–H and O–H groups in total. The van der Waals surface area contributed by atoms with Crippen molar-refractivity contribution in [2.75, 3.05) is 79.5 Å². The van der Waals surface area contributed by atoms with Gasteiger partial charge in [0.2, 0.25) is 17.8 Å². The van der Waals surface area contributed by atoms with E-state index in [-0.39, 0.29) is 6.03 Å². The van der Waals surface area contributed by atoms with Crippen molar-refractivity contribution in [3.05, 3.63) is 29.3 Å². The zero-order valence-corrected chi connectivity index (χ0v) is 18.3. The first kappa shape index (κ1) is 21.4. The van der Waals surface area contributed by atoms with Gasteiger partial charge in [0.05, 0.1) is 13.2 Å². The summed E-state index contributed by atoms with van der Waals surface area (Å²) in [4.78, 5) is 32.5. The van der Waals surface area contributed by atoms with Crippen LogP contribution in [0.2, 0.25) is 5.02 Å². The van der Waals surface area contributed by atoms with Crippen molar-refractivity contribution in [3.63, 3.8) is 0 Å². The third kappa shape index (κ3) is 5.45. The summed E-state index contributed by atoms with van der Waals surface area (Å²) in [6.45, 7) is 8.03. The van der Waals surface area contributed by atoms with Gasteiger partial charge in [-0.25, -0.2) is 4.79 Å². The zero-order chi connectivity index (χ0) is 21.6. The fourth-order valence-electron chi connectivity index (χ4n) is 3.48. The monoisotopic (exact) mass is 446 g/mol. The van der Waals surface area contributed by atoms with E-state index in [1.165, 1.54) is 0 Å². The van der Waals surface area contributed by atoms with Crippen LogP contribution in [-0.2, 0) is 4.74 Å². The number of carbonyl (C=O) groups excluding carboxylic acids is 1. The Hall–Kier alpha value is -2.85. The molecule has 2 saturated heterocycles. The van der Waals surface area contributed by atoms with Crippen LogP contribution in [0.4, 0.5) is 28.3 Å². The van der Waals surface area contributed by atoms with Crippen molar-refractivity contribution >= 4 is 41.2 Å². The highest BCUT2D eigenvalue weighted by atomic mass is 35.5. The third-order valence-corrected chi connectivity index (χ3v) is 5.44. The van der Waals surface area contributed by atoms with Crippen molar-refractivity contribution in [2.45, 2.75) is 6.92 Å². The Bertz CT molecular complexity index is 883. The molecule has 1 aromatic heterocycles. The lowest BCUT2D eigenvalue weighted by Crippen LogP contribution is -2.50. The van der Waals surface area contributed by atoms with E-state index in [2.05, 4.69) is 30.4 Å². The predicted molar refractivity (Wildman–Crippen MR) is 121 cm³/mol. The normalized spacial score (nSPS) is 16.9. The van der Waals surface area contributed by atoms with E-state index >= 15 is 0 Å². The number of halogens is 1. The molecular formula is C20H27ClN8O2. The number of benzene rings is 1. The summed E-state index contributed by atoms with van der Waals surface area (Å²) in [5.74, 6) is 1.86. The number of carbonyl (C=O) groups is 1. The number of piperazine rings is 1. The highest BCUT2D eigenvalue weighted by Gasteiger charge is 2.25. The van der Waals surface area contributed by atoms with E-state index in [1.807, 2.05) is 6.92 Å². The summed E-state index contributed by atoms with van der Waals surface area (Å²) in [5, 5.41) is 6.74. The molecule has 0 radical (unpaired) electrons. The molecule has 2 aliphatic rings. The number of rotatable bonds is 5. The maximum absolute atomic E-state index is 12.6. The van der Waals surface area contributed by atoms with Crippen molar-refractivity contribution in [3.8, 4) is 0 Å². The lowest BCUT2D eigenvalue weighted by Gasteiger charge is -2.35. The van der Waals surface area contributed by atoms with Gasteiger partial charge < -0.3 is 30.1 Å². The zero-order valence-electron chi connectivity index (χ0n) is 17.6. The topological polar surface area (TPSA) is 98.8 Å². The Morgan fingerprint density at radius 1 is 0.968 bits per heavy atom. The Morgan fingerprint density at radius 2 is 1.58 bits per heavy atom. The number of amides is 2. The molecular weight excluding hydrogens is 420 g/mol. The SMILES string of the molecule is CCNc1nc(N2CCOCC2)nc(N2CCN(C(=O)Nc3ccc(Cl)cc3)CC2)n1. The molecule has 10 nitrogen and oxygen atoms in total. The molecule has 2 aromatic rings. The summed E-state index contributed by atoms with van der Waals surface area (Å²) >= 11 is 5.90. The molecule has 166 valence electrons. The highest BCUT2D eigenvalue weighted by Crippen LogP contribution is 2.20. The molecule has 0 bridgehead atoms. The maximum Gasteiger partial charge on any atom is 0.321 e. The first-order chi connectivity index (χ1) is 15.1. The average Bonchev–Trinajstić information content (AvgIpc) is 2.81. The Labute approximate surface area is 186 Å². The second-order valence-corrected chi connectivity index (χ2v) is 7.74. The maximum atomic E-state index is 12.6. The van der Waals surface area contributed by atoms with Crippen LogP contribution in [0.3, 0.4) is 0 Å². The summed E-state index contributed by atoms with van der Waals surface area (Å²) in [5.41, 5.74) is 0.722. The average molecular weight is 447 g/mol. The number of morpholine rings is 1. The molecule has 31 heavy (non-hydrogen) atoms. The number of ether oxygens (including phenoxy) is 1. The van der Waals surface area contributed by atoms with Crippen LogP contribution in [0.1, 0.15) is 6.92 Å². The number of anilines is 4. The minimum absolute atomic E-state index is 0.125. The highest BCUT2D eigenvalue weighted by molar-refractivity contribution is 6.30. The largest absolute Gasteiger partial charge is 0.378 e. The van der Waals surface area contributed by atoms with E-state index in [9.17, 15) is 4.79 Å². The van der Waals surface area contributed by atoms with E-state index < -0.39 is 0 Å². The van der Waals surface area contributed by atoms with Crippen LogP contribution >= 0.6 is 11.6 Å². The third-order valence-electron chi connectivity index (χ3n) is 5.19. The predicted octanol–water partition coefficient (Wildman–Crippen LogP) is 2.15. The van der Waals surface area contributed by atoms with Crippen LogP contribution in [0.15, 0.2) is 24.3 Å². The van der Waals surface area contributed by atoms with Gasteiger partial charge in [-0.1, -0.05) is 11.6 Å². The van der Waals surface area contributed by atoms with Gasteiger partial charge in [-0.2, -0.15) is 15.0 Å². The fourth-order valence-corrected chi connectivity index (χ4v) is 3.61. The lowest BCUT2D eigenvalue weighted by molar-refractivity contribution is 0.122. The minimum atomic E-state index is -0.125. The van der Waals surface area contributed by atoms with E-state index in [0.29, 0.717) is 62.3 Å². The summed E-state index contributed by atoms with van der Waals surface area (Å²) in [6.07, 6.45) is 0. The number of hydrogen-bond acceptors (Lipinski definition) is 8. The van der Waals surface area contributed by atoms with Crippen LogP contribution in [0, 0.1) is 0 Å². The number of nitrogens with one attached hydrogen (secondary N) is 2. The summed E-state index contributed by atoms with van der Waals surface area (Å²) < 4.78 is 5.44. The summed E-state index contributed by atoms with van der Waals surface area (Å²) in [7, 11) is 0. The van der Waals surface area contributed by atoms with Gasteiger partial charge >= 0.3 is 6.03 Å². The van der Waals surface area contributed by atoms with Gasteiger partial charge in [0.1, 0.15) is 0 Å². The molecule has 0 unspecified atom stereocenters. The van der Waals surface area contributed by atoms with E-state index in [4.69, 9.17) is 21.3 Å². The Balaban J connectivity index is 1.40. The number of urea groups is 1. The molecule has 3 heterocycles.